The van der Waals surface area contributed by atoms with Gasteiger partial charge in [0.25, 0.3) is 0 Å². The second-order valence-electron chi connectivity index (χ2n) is 7.61. The van der Waals surface area contributed by atoms with Crippen LogP contribution in [0.2, 0.25) is 0 Å². The Bertz CT molecular complexity index is 838. The quantitative estimate of drug-likeness (QED) is 0.549. The Morgan fingerprint density at radius 2 is 1.61 bits per heavy atom. The van der Waals surface area contributed by atoms with Gasteiger partial charge in [0.2, 0.25) is 11.8 Å². The van der Waals surface area contributed by atoms with E-state index in [1.54, 1.807) is 50.4 Å². The van der Waals surface area contributed by atoms with Gasteiger partial charge in [-0.05, 0) is 69.2 Å². The van der Waals surface area contributed by atoms with E-state index in [0.717, 1.165) is 11.3 Å². The van der Waals surface area contributed by atoms with Crippen molar-refractivity contribution in [2.45, 2.75) is 52.2 Å². The summed E-state index contributed by atoms with van der Waals surface area (Å²) in [6.07, 6.45) is 0.736. The van der Waals surface area contributed by atoms with Crippen molar-refractivity contribution in [1.29, 1.82) is 0 Å². The summed E-state index contributed by atoms with van der Waals surface area (Å²) in [4.78, 5) is 27.0. The Morgan fingerprint density at radius 3 is 2.19 bits per heavy atom. The number of halogens is 1. The normalized spacial score (nSPS) is 11.7. The first-order valence-corrected chi connectivity index (χ1v) is 10.4. The van der Waals surface area contributed by atoms with Gasteiger partial charge >= 0.3 is 0 Å². The van der Waals surface area contributed by atoms with Gasteiger partial charge in [-0.1, -0.05) is 12.1 Å². The number of hydrogen-bond donors (Lipinski definition) is 1. The van der Waals surface area contributed by atoms with E-state index in [1.807, 2.05) is 13.8 Å². The number of benzene rings is 2. The average molecular weight is 431 g/mol. The maximum absolute atomic E-state index is 13.2. The number of methoxy groups -OCH3 is 1. The standard InChI is InChI=1S/C24H31FN2O4/c1-17(2)26-24(29)18(3)27(16-19-7-9-20(25)10-8-19)23(28)6-5-15-31-22-13-11-21(30-4)12-14-22/h7-14,17-18H,5-6,15-16H2,1-4H3,(H,26,29)/t18-/m1/s1. The highest BCUT2D eigenvalue weighted by molar-refractivity contribution is 5.87. The fourth-order valence-corrected chi connectivity index (χ4v) is 3.00. The van der Waals surface area contributed by atoms with Crippen LogP contribution in [0.5, 0.6) is 11.5 Å². The number of carbonyl (C=O) groups excluding carboxylic acids is 2. The van der Waals surface area contributed by atoms with Crippen LogP contribution in [0.4, 0.5) is 4.39 Å². The van der Waals surface area contributed by atoms with Gasteiger partial charge in [-0.2, -0.15) is 0 Å². The van der Waals surface area contributed by atoms with E-state index in [2.05, 4.69) is 5.32 Å². The number of nitrogens with one attached hydrogen (secondary N) is 1. The van der Waals surface area contributed by atoms with Crippen LogP contribution >= 0.6 is 0 Å². The highest BCUT2D eigenvalue weighted by Gasteiger charge is 2.26. The lowest BCUT2D eigenvalue weighted by atomic mass is 10.1. The molecule has 168 valence electrons. The lowest BCUT2D eigenvalue weighted by Gasteiger charge is -2.29. The first-order chi connectivity index (χ1) is 14.8. The zero-order valence-electron chi connectivity index (χ0n) is 18.6. The Labute approximate surface area is 183 Å². The Hall–Kier alpha value is -3.09. The van der Waals surface area contributed by atoms with Crippen molar-refractivity contribution >= 4 is 11.8 Å². The molecular formula is C24H31FN2O4. The number of ether oxygens (including phenoxy) is 2. The van der Waals surface area contributed by atoms with Crippen LogP contribution in [0.3, 0.4) is 0 Å². The monoisotopic (exact) mass is 430 g/mol. The van der Waals surface area contributed by atoms with Crippen molar-refractivity contribution in [2.24, 2.45) is 0 Å². The van der Waals surface area contributed by atoms with E-state index in [9.17, 15) is 14.0 Å². The van der Waals surface area contributed by atoms with Crippen LogP contribution in [0.1, 0.15) is 39.2 Å². The van der Waals surface area contributed by atoms with E-state index < -0.39 is 6.04 Å². The predicted molar refractivity (Wildman–Crippen MR) is 117 cm³/mol. The molecule has 2 aromatic rings. The third-order valence-corrected chi connectivity index (χ3v) is 4.73. The van der Waals surface area contributed by atoms with Gasteiger partial charge in [-0.15, -0.1) is 0 Å². The summed E-state index contributed by atoms with van der Waals surface area (Å²) < 4.78 is 24.0. The minimum atomic E-state index is -0.651. The summed E-state index contributed by atoms with van der Waals surface area (Å²) >= 11 is 0. The van der Waals surface area contributed by atoms with Gasteiger partial charge in [0.1, 0.15) is 23.4 Å². The Morgan fingerprint density at radius 1 is 1.00 bits per heavy atom. The van der Waals surface area contributed by atoms with Crippen LogP contribution in [-0.4, -0.2) is 42.5 Å². The molecule has 0 aliphatic carbocycles. The third-order valence-electron chi connectivity index (χ3n) is 4.73. The molecule has 0 heterocycles. The molecule has 1 N–H and O–H groups in total. The average Bonchev–Trinajstić information content (AvgIpc) is 2.75. The van der Waals surface area contributed by atoms with Gasteiger partial charge in [0.15, 0.2) is 0 Å². The summed E-state index contributed by atoms with van der Waals surface area (Å²) in [6.45, 7) is 6.04. The van der Waals surface area contributed by atoms with Crippen molar-refractivity contribution < 1.29 is 23.5 Å². The SMILES string of the molecule is COc1ccc(OCCCC(=O)N(Cc2ccc(F)cc2)[C@H](C)C(=O)NC(C)C)cc1. The maximum Gasteiger partial charge on any atom is 0.242 e. The van der Waals surface area contributed by atoms with Gasteiger partial charge in [0, 0.05) is 19.0 Å². The lowest BCUT2D eigenvalue weighted by Crippen LogP contribution is -2.49. The molecule has 0 aromatic heterocycles. The summed E-state index contributed by atoms with van der Waals surface area (Å²) in [5, 5.41) is 2.84. The third kappa shape index (κ3) is 7.92. The zero-order chi connectivity index (χ0) is 22.8. The van der Waals surface area contributed by atoms with Crippen LogP contribution < -0.4 is 14.8 Å². The van der Waals surface area contributed by atoms with E-state index >= 15 is 0 Å². The molecule has 0 spiro atoms. The molecule has 0 fully saturated rings. The number of amides is 2. The number of rotatable bonds is 11. The molecule has 0 radical (unpaired) electrons. The first kappa shape index (κ1) is 24.2. The van der Waals surface area contributed by atoms with Crippen LogP contribution in [0.25, 0.3) is 0 Å². The summed E-state index contributed by atoms with van der Waals surface area (Å²) in [5.41, 5.74) is 0.758. The van der Waals surface area contributed by atoms with Crippen molar-refractivity contribution in [1.82, 2.24) is 10.2 Å². The smallest absolute Gasteiger partial charge is 0.242 e. The second-order valence-corrected chi connectivity index (χ2v) is 7.61. The van der Waals surface area contributed by atoms with E-state index in [4.69, 9.17) is 9.47 Å². The van der Waals surface area contributed by atoms with E-state index in [0.29, 0.717) is 18.8 Å². The molecule has 2 amide bonds. The number of carbonyl (C=O) groups is 2. The highest BCUT2D eigenvalue weighted by Crippen LogP contribution is 2.18. The number of nitrogens with zero attached hydrogens (tertiary/aromatic N) is 1. The number of hydrogen-bond acceptors (Lipinski definition) is 4. The first-order valence-electron chi connectivity index (χ1n) is 10.4. The fourth-order valence-electron chi connectivity index (χ4n) is 3.00. The molecule has 0 aliphatic heterocycles. The molecule has 2 rings (SSSR count). The minimum absolute atomic E-state index is 0.0318. The molecule has 2 aromatic carbocycles. The maximum atomic E-state index is 13.2. The van der Waals surface area contributed by atoms with Gasteiger partial charge in [0.05, 0.1) is 13.7 Å². The molecule has 0 saturated carbocycles. The van der Waals surface area contributed by atoms with Crippen molar-refractivity contribution in [3.63, 3.8) is 0 Å². The molecule has 31 heavy (non-hydrogen) atoms. The lowest BCUT2D eigenvalue weighted by molar-refractivity contribution is -0.141. The van der Waals surface area contributed by atoms with Crippen LogP contribution in [0, 0.1) is 5.82 Å². The molecule has 0 saturated heterocycles. The molecule has 6 nitrogen and oxygen atoms in total. The van der Waals surface area contributed by atoms with E-state index in [1.165, 1.54) is 17.0 Å². The topological polar surface area (TPSA) is 67.9 Å². The van der Waals surface area contributed by atoms with Crippen molar-refractivity contribution in [2.75, 3.05) is 13.7 Å². The van der Waals surface area contributed by atoms with Gasteiger partial charge in [-0.3, -0.25) is 9.59 Å². The minimum Gasteiger partial charge on any atom is -0.497 e. The molecule has 0 aliphatic rings. The zero-order valence-corrected chi connectivity index (χ0v) is 18.6. The Balaban J connectivity index is 1.97. The highest BCUT2D eigenvalue weighted by atomic mass is 19.1. The molecular weight excluding hydrogens is 399 g/mol. The second kappa shape index (κ2) is 11.9. The molecule has 0 bridgehead atoms. The predicted octanol–water partition coefficient (Wildman–Crippen LogP) is 3.94. The molecule has 1 atom stereocenters. The van der Waals surface area contributed by atoms with Gasteiger partial charge in [-0.25, -0.2) is 4.39 Å². The van der Waals surface area contributed by atoms with Crippen LogP contribution in [-0.2, 0) is 16.1 Å². The Kier molecular flexibility index (Phi) is 9.31. The molecule has 0 unspecified atom stereocenters. The van der Waals surface area contributed by atoms with E-state index in [-0.39, 0.29) is 36.6 Å². The summed E-state index contributed by atoms with van der Waals surface area (Å²) in [5.74, 6) is 0.714. The summed E-state index contributed by atoms with van der Waals surface area (Å²) in [7, 11) is 1.60. The largest absolute Gasteiger partial charge is 0.497 e. The van der Waals surface area contributed by atoms with Crippen LogP contribution in [0.15, 0.2) is 48.5 Å². The fraction of sp³-hybridized carbons (Fsp3) is 0.417. The molecule has 7 heteroatoms. The van der Waals surface area contributed by atoms with Crippen molar-refractivity contribution in [3.8, 4) is 11.5 Å². The van der Waals surface area contributed by atoms with Crippen molar-refractivity contribution in [3.05, 3.63) is 59.9 Å². The summed E-state index contributed by atoms with van der Waals surface area (Å²) in [6, 6.07) is 12.5. The van der Waals surface area contributed by atoms with Gasteiger partial charge < -0.3 is 19.7 Å².